The Hall–Kier alpha value is -2.09. The first-order valence-electron chi connectivity index (χ1n) is 6.53. The highest BCUT2D eigenvalue weighted by atomic mass is 19.1. The van der Waals surface area contributed by atoms with Gasteiger partial charge in [0.05, 0.1) is 0 Å². The quantitative estimate of drug-likeness (QED) is 0.603. The lowest BCUT2D eigenvalue weighted by molar-refractivity contribution is 0.621. The Morgan fingerprint density at radius 2 is 1.58 bits per heavy atom. The van der Waals surface area contributed by atoms with Crippen LogP contribution in [0.2, 0.25) is 0 Å². The van der Waals surface area contributed by atoms with Crippen LogP contribution in [0.15, 0.2) is 54.7 Å². The zero-order valence-electron chi connectivity index (χ0n) is 11.1. The standard InChI is InChI=1S/C17H16FN/c1-12(2)19-11-15(13-7-3-5-9-16(13)18)14-8-4-6-10-17(14)19/h3-12H,1-2H3. The Morgan fingerprint density at radius 3 is 2.32 bits per heavy atom. The summed E-state index contributed by atoms with van der Waals surface area (Å²) in [5.41, 5.74) is 2.77. The molecule has 1 aromatic heterocycles. The number of rotatable bonds is 2. The number of fused-ring (bicyclic) bond motifs is 1. The van der Waals surface area contributed by atoms with Crippen molar-refractivity contribution in [1.29, 1.82) is 0 Å². The molecule has 0 fully saturated rings. The Balaban J connectivity index is 2.34. The van der Waals surface area contributed by atoms with Crippen molar-refractivity contribution in [3.63, 3.8) is 0 Å². The Morgan fingerprint density at radius 1 is 0.895 bits per heavy atom. The zero-order valence-corrected chi connectivity index (χ0v) is 11.1. The summed E-state index contributed by atoms with van der Waals surface area (Å²) in [5.74, 6) is -0.172. The van der Waals surface area contributed by atoms with Crippen molar-refractivity contribution >= 4 is 10.9 Å². The highest BCUT2D eigenvalue weighted by molar-refractivity contribution is 5.96. The van der Waals surface area contributed by atoms with E-state index in [0.717, 1.165) is 16.5 Å². The summed E-state index contributed by atoms with van der Waals surface area (Å²) in [6.45, 7) is 4.27. The first-order chi connectivity index (χ1) is 9.18. The van der Waals surface area contributed by atoms with Crippen molar-refractivity contribution in [2.24, 2.45) is 0 Å². The number of benzene rings is 2. The van der Waals surface area contributed by atoms with E-state index in [9.17, 15) is 4.39 Å². The second-order valence-corrected chi connectivity index (χ2v) is 5.04. The summed E-state index contributed by atoms with van der Waals surface area (Å²) >= 11 is 0. The molecule has 3 rings (SSSR count). The first kappa shape index (κ1) is 12.0. The van der Waals surface area contributed by atoms with Crippen LogP contribution in [0.3, 0.4) is 0 Å². The van der Waals surface area contributed by atoms with Gasteiger partial charge in [-0.05, 0) is 26.0 Å². The largest absolute Gasteiger partial charge is 0.344 e. The van der Waals surface area contributed by atoms with E-state index < -0.39 is 0 Å². The molecule has 0 saturated heterocycles. The van der Waals surface area contributed by atoms with Gasteiger partial charge in [0.25, 0.3) is 0 Å². The van der Waals surface area contributed by atoms with Crippen molar-refractivity contribution in [3.05, 3.63) is 60.5 Å². The molecule has 1 heterocycles. The van der Waals surface area contributed by atoms with Crippen LogP contribution >= 0.6 is 0 Å². The fraction of sp³-hybridized carbons (Fsp3) is 0.176. The SMILES string of the molecule is CC(C)n1cc(-c2ccccc2F)c2ccccc21. The van der Waals surface area contributed by atoms with Gasteiger partial charge in [-0.3, -0.25) is 0 Å². The fourth-order valence-corrected chi connectivity index (χ4v) is 2.53. The highest BCUT2D eigenvalue weighted by Crippen LogP contribution is 2.33. The molecule has 0 aliphatic heterocycles. The molecule has 0 atom stereocenters. The maximum atomic E-state index is 14.0. The van der Waals surface area contributed by atoms with Gasteiger partial charge in [-0.25, -0.2) is 4.39 Å². The zero-order chi connectivity index (χ0) is 13.4. The molecule has 1 nitrogen and oxygen atoms in total. The average molecular weight is 253 g/mol. The minimum atomic E-state index is -0.172. The second-order valence-electron chi connectivity index (χ2n) is 5.04. The molecule has 0 aliphatic carbocycles. The number of nitrogens with zero attached hydrogens (tertiary/aromatic N) is 1. The Kier molecular flexibility index (Phi) is 2.86. The van der Waals surface area contributed by atoms with Gasteiger partial charge in [0, 0.05) is 34.3 Å². The molecule has 0 amide bonds. The van der Waals surface area contributed by atoms with Crippen LogP contribution in [-0.2, 0) is 0 Å². The van der Waals surface area contributed by atoms with Gasteiger partial charge < -0.3 is 4.57 Å². The van der Waals surface area contributed by atoms with Crippen LogP contribution in [0, 0.1) is 5.82 Å². The molecule has 0 spiro atoms. The molecule has 0 radical (unpaired) electrons. The van der Waals surface area contributed by atoms with Crippen LogP contribution in [0.5, 0.6) is 0 Å². The summed E-state index contributed by atoms with van der Waals surface area (Å²) in [4.78, 5) is 0. The van der Waals surface area contributed by atoms with Crippen LogP contribution in [0.25, 0.3) is 22.0 Å². The number of para-hydroxylation sites is 1. The van der Waals surface area contributed by atoms with E-state index in [1.807, 2.05) is 30.5 Å². The van der Waals surface area contributed by atoms with E-state index in [-0.39, 0.29) is 5.82 Å². The number of hydrogen-bond acceptors (Lipinski definition) is 0. The lowest BCUT2D eigenvalue weighted by Crippen LogP contribution is -1.97. The minimum absolute atomic E-state index is 0.172. The molecule has 3 aromatic rings. The molecule has 2 heteroatoms. The van der Waals surface area contributed by atoms with E-state index >= 15 is 0 Å². The van der Waals surface area contributed by atoms with Gasteiger partial charge in [-0.2, -0.15) is 0 Å². The van der Waals surface area contributed by atoms with E-state index in [1.165, 1.54) is 6.07 Å². The summed E-state index contributed by atoms with van der Waals surface area (Å²) in [5, 5.41) is 1.10. The number of aromatic nitrogens is 1. The van der Waals surface area contributed by atoms with E-state index in [1.54, 1.807) is 6.07 Å². The van der Waals surface area contributed by atoms with Crippen molar-refractivity contribution in [2.75, 3.05) is 0 Å². The van der Waals surface area contributed by atoms with Gasteiger partial charge >= 0.3 is 0 Å². The van der Waals surface area contributed by atoms with Crippen LogP contribution in [0.1, 0.15) is 19.9 Å². The topological polar surface area (TPSA) is 4.93 Å². The third-order valence-electron chi connectivity index (χ3n) is 3.46. The second kappa shape index (κ2) is 4.54. The van der Waals surface area contributed by atoms with Crippen molar-refractivity contribution in [2.45, 2.75) is 19.9 Å². The summed E-state index contributed by atoms with van der Waals surface area (Å²) in [6.07, 6.45) is 2.05. The highest BCUT2D eigenvalue weighted by Gasteiger charge is 2.13. The Bertz CT molecular complexity index is 725. The molecule has 0 bridgehead atoms. The van der Waals surface area contributed by atoms with E-state index in [0.29, 0.717) is 11.6 Å². The maximum absolute atomic E-state index is 14.0. The molecule has 96 valence electrons. The monoisotopic (exact) mass is 253 g/mol. The average Bonchev–Trinajstić information content (AvgIpc) is 2.79. The lowest BCUT2D eigenvalue weighted by atomic mass is 10.0. The van der Waals surface area contributed by atoms with E-state index in [4.69, 9.17) is 0 Å². The van der Waals surface area contributed by atoms with Crippen molar-refractivity contribution < 1.29 is 4.39 Å². The van der Waals surface area contributed by atoms with Gasteiger partial charge in [0.2, 0.25) is 0 Å². The lowest BCUT2D eigenvalue weighted by Gasteiger charge is -2.08. The molecular formula is C17H16FN. The Labute approximate surface area is 112 Å². The van der Waals surface area contributed by atoms with E-state index in [2.05, 4.69) is 30.5 Å². The molecule has 2 aromatic carbocycles. The summed E-state index contributed by atoms with van der Waals surface area (Å²) in [7, 11) is 0. The number of halogens is 1. The van der Waals surface area contributed by atoms with Crippen molar-refractivity contribution in [1.82, 2.24) is 4.57 Å². The van der Waals surface area contributed by atoms with Gasteiger partial charge in [-0.15, -0.1) is 0 Å². The molecule has 0 N–H and O–H groups in total. The van der Waals surface area contributed by atoms with Gasteiger partial charge in [0.15, 0.2) is 0 Å². The predicted molar refractivity (Wildman–Crippen MR) is 77.7 cm³/mol. The summed E-state index contributed by atoms with van der Waals surface area (Å²) in [6, 6.07) is 15.4. The fourth-order valence-electron chi connectivity index (χ4n) is 2.53. The molecule has 19 heavy (non-hydrogen) atoms. The van der Waals surface area contributed by atoms with Gasteiger partial charge in [0.1, 0.15) is 5.82 Å². The predicted octanol–water partition coefficient (Wildman–Crippen LogP) is 5.03. The minimum Gasteiger partial charge on any atom is -0.344 e. The number of hydrogen-bond donors (Lipinski definition) is 0. The molecule has 0 unspecified atom stereocenters. The van der Waals surface area contributed by atoms with Crippen molar-refractivity contribution in [3.8, 4) is 11.1 Å². The third kappa shape index (κ3) is 1.93. The third-order valence-corrected chi connectivity index (χ3v) is 3.46. The van der Waals surface area contributed by atoms with Gasteiger partial charge in [-0.1, -0.05) is 36.4 Å². The molecular weight excluding hydrogens is 237 g/mol. The first-order valence-corrected chi connectivity index (χ1v) is 6.53. The smallest absolute Gasteiger partial charge is 0.131 e. The molecule has 0 saturated carbocycles. The maximum Gasteiger partial charge on any atom is 0.131 e. The van der Waals surface area contributed by atoms with Crippen LogP contribution in [0.4, 0.5) is 4.39 Å². The van der Waals surface area contributed by atoms with Crippen LogP contribution in [-0.4, -0.2) is 4.57 Å². The normalized spacial score (nSPS) is 11.4. The summed E-state index contributed by atoms with van der Waals surface area (Å²) < 4.78 is 16.2. The molecule has 0 aliphatic rings. The van der Waals surface area contributed by atoms with Crippen LogP contribution < -0.4 is 0 Å².